The van der Waals surface area contributed by atoms with Crippen LogP contribution >= 0.6 is 0 Å². The molecule has 0 aromatic heterocycles. The molecule has 1 aliphatic carbocycles. The van der Waals surface area contributed by atoms with Crippen molar-refractivity contribution in [2.24, 2.45) is 0 Å². The fourth-order valence-electron chi connectivity index (χ4n) is 3.91. The van der Waals surface area contributed by atoms with Crippen LogP contribution in [0.1, 0.15) is 52.0 Å². The lowest BCUT2D eigenvalue weighted by Gasteiger charge is -2.54. The molecule has 3 aliphatic rings. The minimum atomic E-state index is -3.97. The third-order valence-electron chi connectivity index (χ3n) is 5.75. The summed E-state index contributed by atoms with van der Waals surface area (Å²) in [5.74, 6) is 0. The number of hydrogen-bond donors (Lipinski definition) is 2. The number of hydrogen-bond acceptors (Lipinski definition) is 7. The molecule has 30 heavy (non-hydrogen) atoms. The van der Waals surface area contributed by atoms with E-state index in [0.717, 1.165) is 5.56 Å². The molecule has 2 aliphatic heterocycles. The summed E-state index contributed by atoms with van der Waals surface area (Å²) in [6, 6.07) is 6.33. The zero-order valence-corrected chi connectivity index (χ0v) is 18.8. The first-order chi connectivity index (χ1) is 13.8. The molecule has 2 saturated heterocycles. The molecule has 2 heterocycles. The van der Waals surface area contributed by atoms with Gasteiger partial charge < -0.3 is 19.9 Å². The highest BCUT2D eigenvalue weighted by Crippen LogP contribution is 2.45. The molecule has 2 N–H and O–H groups in total. The zero-order chi connectivity index (χ0) is 22.2. The first-order valence-corrected chi connectivity index (χ1v) is 11.6. The van der Waals surface area contributed by atoms with Crippen LogP contribution in [0.2, 0.25) is 0 Å². The average molecular weight is 442 g/mol. The molecule has 9 heteroatoms. The number of aryl methyl sites for hydroxylation is 1. The highest BCUT2D eigenvalue weighted by Gasteiger charge is 2.54. The first kappa shape index (κ1) is 23.0. The smallest absolute Gasteiger partial charge is 0.408 e. The molecule has 0 radical (unpaired) electrons. The molecule has 1 amide bonds. The van der Waals surface area contributed by atoms with E-state index in [-0.39, 0.29) is 18.1 Å². The van der Waals surface area contributed by atoms with E-state index < -0.39 is 39.1 Å². The third-order valence-corrected chi connectivity index (χ3v) is 7.05. The number of carbonyl (C=O) groups excluding carboxylic acids is 1. The molecule has 4 rings (SSSR count). The Morgan fingerprint density at radius 1 is 1.20 bits per heavy atom. The number of benzene rings is 1. The van der Waals surface area contributed by atoms with E-state index in [1.807, 2.05) is 6.92 Å². The second kappa shape index (κ2) is 8.11. The van der Waals surface area contributed by atoms with Crippen molar-refractivity contribution in [3.63, 3.8) is 0 Å². The van der Waals surface area contributed by atoms with Crippen LogP contribution in [0.5, 0.6) is 0 Å². The van der Waals surface area contributed by atoms with Crippen molar-refractivity contribution in [3.8, 4) is 0 Å². The third kappa shape index (κ3) is 5.14. The standard InChI is InChI=1S/C21H31NO7S/c1-15-5-7-16(8-6-15)30(25,26)28-13-17(23)21-11-9-20(10-12-21,14-27-21)22-18(24)29-19(2,3)4/h5-8,17,23H,9-14H2,1-4H3,(H,22,24). The van der Waals surface area contributed by atoms with E-state index in [1.54, 1.807) is 32.9 Å². The molecule has 1 atom stereocenters. The Hall–Kier alpha value is -1.68. The molecule has 1 aromatic rings. The van der Waals surface area contributed by atoms with Gasteiger partial charge >= 0.3 is 6.09 Å². The van der Waals surface area contributed by atoms with E-state index in [0.29, 0.717) is 25.7 Å². The van der Waals surface area contributed by atoms with Crippen LogP contribution in [-0.4, -0.2) is 55.7 Å². The van der Waals surface area contributed by atoms with Gasteiger partial charge in [-0.3, -0.25) is 4.18 Å². The number of fused-ring (bicyclic) bond motifs is 3. The molecular formula is C21H31NO7S. The van der Waals surface area contributed by atoms with Crippen LogP contribution in [0.4, 0.5) is 4.79 Å². The number of aliphatic hydroxyl groups is 1. The number of carbonyl (C=O) groups is 1. The fourth-order valence-corrected chi connectivity index (χ4v) is 4.83. The number of amides is 1. The van der Waals surface area contributed by atoms with Gasteiger partial charge in [-0.25, -0.2) is 4.79 Å². The van der Waals surface area contributed by atoms with Crippen molar-refractivity contribution in [3.05, 3.63) is 29.8 Å². The van der Waals surface area contributed by atoms with Gasteiger partial charge in [0, 0.05) is 0 Å². The van der Waals surface area contributed by atoms with Crippen molar-refractivity contribution in [1.29, 1.82) is 0 Å². The van der Waals surface area contributed by atoms with Crippen molar-refractivity contribution >= 4 is 16.2 Å². The summed E-state index contributed by atoms with van der Waals surface area (Å²) in [6.45, 7) is 7.11. The van der Waals surface area contributed by atoms with Crippen molar-refractivity contribution in [1.82, 2.24) is 5.32 Å². The van der Waals surface area contributed by atoms with E-state index in [4.69, 9.17) is 13.7 Å². The highest BCUT2D eigenvalue weighted by molar-refractivity contribution is 7.86. The van der Waals surface area contributed by atoms with Gasteiger partial charge in [0.15, 0.2) is 0 Å². The van der Waals surface area contributed by atoms with Crippen LogP contribution in [-0.2, 0) is 23.8 Å². The predicted molar refractivity (Wildman–Crippen MR) is 110 cm³/mol. The number of alkyl carbamates (subject to hydrolysis) is 1. The van der Waals surface area contributed by atoms with Gasteiger partial charge in [-0.2, -0.15) is 8.42 Å². The molecule has 0 spiro atoms. The van der Waals surface area contributed by atoms with Crippen LogP contribution < -0.4 is 5.32 Å². The van der Waals surface area contributed by atoms with Crippen LogP contribution in [0, 0.1) is 6.92 Å². The lowest BCUT2D eigenvalue weighted by molar-refractivity contribution is -0.212. The molecule has 1 unspecified atom stereocenters. The summed E-state index contributed by atoms with van der Waals surface area (Å²) in [4.78, 5) is 12.2. The monoisotopic (exact) mass is 441 g/mol. The number of rotatable bonds is 6. The maximum absolute atomic E-state index is 12.4. The lowest BCUT2D eigenvalue weighted by atomic mass is 9.69. The largest absolute Gasteiger partial charge is 0.444 e. The van der Waals surface area contributed by atoms with Gasteiger partial charge in [0.2, 0.25) is 0 Å². The quantitative estimate of drug-likeness (QED) is 0.653. The average Bonchev–Trinajstić information content (AvgIpc) is 2.66. The number of nitrogens with one attached hydrogen (secondary N) is 1. The van der Waals surface area contributed by atoms with Crippen LogP contribution in [0.25, 0.3) is 0 Å². The molecular weight excluding hydrogens is 410 g/mol. The minimum absolute atomic E-state index is 0.0478. The Balaban J connectivity index is 1.57. The van der Waals surface area contributed by atoms with Gasteiger partial charge in [-0.1, -0.05) is 17.7 Å². The van der Waals surface area contributed by atoms with E-state index in [2.05, 4.69) is 5.32 Å². The van der Waals surface area contributed by atoms with Gasteiger partial charge in [0.1, 0.15) is 11.7 Å². The maximum Gasteiger partial charge on any atom is 0.408 e. The first-order valence-electron chi connectivity index (χ1n) is 10.1. The Bertz CT molecular complexity index is 849. The maximum atomic E-state index is 12.4. The normalized spacial score (nSPS) is 27.5. The van der Waals surface area contributed by atoms with Crippen molar-refractivity contribution in [2.45, 2.75) is 81.1 Å². The molecule has 2 bridgehead atoms. The van der Waals surface area contributed by atoms with Gasteiger partial charge in [-0.05, 0) is 65.5 Å². The molecule has 1 aromatic carbocycles. The molecule has 3 fully saturated rings. The number of ether oxygens (including phenoxy) is 2. The lowest BCUT2D eigenvalue weighted by Crippen LogP contribution is -2.66. The van der Waals surface area contributed by atoms with Gasteiger partial charge in [0.05, 0.1) is 29.2 Å². The summed E-state index contributed by atoms with van der Waals surface area (Å²) in [5.41, 5.74) is -1.06. The highest BCUT2D eigenvalue weighted by atomic mass is 32.2. The van der Waals surface area contributed by atoms with E-state index >= 15 is 0 Å². The van der Waals surface area contributed by atoms with Gasteiger partial charge in [-0.15, -0.1) is 0 Å². The summed E-state index contributed by atoms with van der Waals surface area (Å²) >= 11 is 0. The Kier molecular flexibility index (Phi) is 6.21. The van der Waals surface area contributed by atoms with Crippen LogP contribution in [0.3, 0.4) is 0 Å². The predicted octanol–water partition coefficient (Wildman–Crippen LogP) is 2.67. The summed E-state index contributed by atoms with van der Waals surface area (Å²) < 4.78 is 41.2. The number of aliphatic hydroxyl groups excluding tert-OH is 1. The summed E-state index contributed by atoms with van der Waals surface area (Å²) in [6.07, 6.45) is 0.587. The molecule has 168 valence electrons. The topological polar surface area (TPSA) is 111 Å². The van der Waals surface area contributed by atoms with Crippen LogP contribution in [0.15, 0.2) is 29.2 Å². The SMILES string of the molecule is Cc1ccc(S(=O)(=O)OCC(O)C23CCC(NC(=O)OC(C)(C)C)(CC2)CO3)cc1. The second-order valence-corrected chi connectivity index (χ2v) is 10.9. The summed E-state index contributed by atoms with van der Waals surface area (Å²) in [5, 5.41) is 13.6. The minimum Gasteiger partial charge on any atom is -0.444 e. The second-order valence-electron chi connectivity index (χ2n) is 9.33. The molecule has 8 nitrogen and oxygen atoms in total. The van der Waals surface area contributed by atoms with E-state index in [1.165, 1.54) is 12.1 Å². The molecule has 1 saturated carbocycles. The zero-order valence-electron chi connectivity index (χ0n) is 17.9. The Labute approximate surface area is 178 Å². The van der Waals surface area contributed by atoms with Crippen molar-refractivity contribution < 1.29 is 32.0 Å². The van der Waals surface area contributed by atoms with E-state index in [9.17, 15) is 18.3 Å². The fraction of sp³-hybridized carbons (Fsp3) is 0.667. The Morgan fingerprint density at radius 3 is 2.30 bits per heavy atom. The summed E-state index contributed by atoms with van der Waals surface area (Å²) in [7, 11) is -3.97. The Morgan fingerprint density at radius 2 is 1.80 bits per heavy atom. The van der Waals surface area contributed by atoms with Gasteiger partial charge in [0.25, 0.3) is 10.1 Å². The van der Waals surface area contributed by atoms with Crippen molar-refractivity contribution in [2.75, 3.05) is 13.2 Å².